The molecule has 4 heteroatoms. The Kier molecular flexibility index (Phi) is 3.88. The van der Waals surface area contributed by atoms with Gasteiger partial charge in [0.2, 0.25) is 0 Å². The van der Waals surface area contributed by atoms with Gasteiger partial charge in [0, 0.05) is 18.8 Å². The van der Waals surface area contributed by atoms with E-state index in [-0.39, 0.29) is 0 Å². The molecule has 2 aromatic rings. The molecule has 0 spiro atoms. The van der Waals surface area contributed by atoms with E-state index in [0.29, 0.717) is 17.4 Å². The van der Waals surface area contributed by atoms with Crippen molar-refractivity contribution in [3.8, 4) is 6.07 Å². The standard InChI is InChI=1S/C14H16ClN3/c1-10(2)9-18-12-5-3-4-11(8-16)14(12)17-13(18)6-7-15/h3-5,10H,6-7,9H2,1-2H3. The highest BCUT2D eigenvalue weighted by atomic mass is 35.5. The van der Waals surface area contributed by atoms with Crippen LogP contribution < -0.4 is 0 Å². The molecule has 0 aliphatic heterocycles. The van der Waals surface area contributed by atoms with E-state index >= 15 is 0 Å². The van der Waals surface area contributed by atoms with Crippen molar-refractivity contribution in [2.45, 2.75) is 26.8 Å². The first-order valence-electron chi connectivity index (χ1n) is 6.11. The number of imidazole rings is 1. The van der Waals surface area contributed by atoms with Crippen LogP contribution >= 0.6 is 11.6 Å². The van der Waals surface area contributed by atoms with E-state index < -0.39 is 0 Å². The van der Waals surface area contributed by atoms with E-state index in [9.17, 15) is 0 Å². The number of aryl methyl sites for hydroxylation is 1. The summed E-state index contributed by atoms with van der Waals surface area (Å²) in [6.45, 7) is 5.24. The van der Waals surface area contributed by atoms with Crippen molar-refractivity contribution in [3.05, 3.63) is 29.6 Å². The van der Waals surface area contributed by atoms with Crippen molar-refractivity contribution < 1.29 is 0 Å². The molecule has 0 saturated carbocycles. The zero-order valence-electron chi connectivity index (χ0n) is 10.7. The van der Waals surface area contributed by atoms with Crippen LogP contribution in [-0.4, -0.2) is 15.4 Å². The lowest BCUT2D eigenvalue weighted by Crippen LogP contribution is -2.09. The molecule has 18 heavy (non-hydrogen) atoms. The van der Waals surface area contributed by atoms with Gasteiger partial charge in [0.1, 0.15) is 17.4 Å². The van der Waals surface area contributed by atoms with Crippen LogP contribution in [0.15, 0.2) is 18.2 Å². The highest BCUT2D eigenvalue weighted by molar-refractivity contribution is 6.17. The average Bonchev–Trinajstić information content (AvgIpc) is 2.67. The summed E-state index contributed by atoms with van der Waals surface area (Å²) >= 11 is 5.83. The van der Waals surface area contributed by atoms with Crippen LogP contribution in [0.25, 0.3) is 11.0 Å². The third kappa shape index (κ3) is 2.34. The number of fused-ring (bicyclic) bond motifs is 1. The largest absolute Gasteiger partial charge is 0.328 e. The van der Waals surface area contributed by atoms with Crippen molar-refractivity contribution >= 4 is 22.6 Å². The van der Waals surface area contributed by atoms with Crippen LogP contribution in [0, 0.1) is 17.2 Å². The molecule has 0 fully saturated rings. The van der Waals surface area contributed by atoms with E-state index in [2.05, 4.69) is 29.5 Å². The molecule has 0 saturated heterocycles. The fourth-order valence-electron chi connectivity index (χ4n) is 2.13. The number of hydrogen-bond acceptors (Lipinski definition) is 2. The monoisotopic (exact) mass is 261 g/mol. The second-order valence-corrected chi connectivity index (χ2v) is 5.13. The van der Waals surface area contributed by atoms with Crippen LogP contribution in [-0.2, 0) is 13.0 Å². The van der Waals surface area contributed by atoms with E-state index in [4.69, 9.17) is 16.9 Å². The first-order chi connectivity index (χ1) is 8.67. The van der Waals surface area contributed by atoms with Crippen molar-refractivity contribution in [1.29, 1.82) is 5.26 Å². The van der Waals surface area contributed by atoms with Crippen LogP contribution in [0.1, 0.15) is 25.2 Å². The fourth-order valence-corrected chi connectivity index (χ4v) is 2.30. The molecule has 2 rings (SSSR count). The highest BCUT2D eigenvalue weighted by Gasteiger charge is 2.13. The van der Waals surface area contributed by atoms with Gasteiger partial charge in [-0.15, -0.1) is 11.6 Å². The van der Waals surface area contributed by atoms with Crippen molar-refractivity contribution in [3.63, 3.8) is 0 Å². The minimum atomic E-state index is 0.530. The molecule has 1 aromatic heterocycles. The van der Waals surface area contributed by atoms with Gasteiger partial charge in [-0.05, 0) is 18.1 Å². The van der Waals surface area contributed by atoms with Gasteiger partial charge in [-0.1, -0.05) is 19.9 Å². The van der Waals surface area contributed by atoms with Crippen LogP contribution in [0.3, 0.4) is 0 Å². The zero-order chi connectivity index (χ0) is 13.1. The number of halogens is 1. The lowest BCUT2D eigenvalue weighted by atomic mass is 10.2. The van der Waals surface area contributed by atoms with Gasteiger partial charge in [0.05, 0.1) is 11.1 Å². The maximum Gasteiger partial charge on any atom is 0.111 e. The predicted molar refractivity (Wildman–Crippen MR) is 73.7 cm³/mol. The van der Waals surface area contributed by atoms with E-state index in [1.807, 2.05) is 12.1 Å². The van der Waals surface area contributed by atoms with Gasteiger partial charge in [-0.2, -0.15) is 5.26 Å². The van der Waals surface area contributed by atoms with Gasteiger partial charge >= 0.3 is 0 Å². The number of rotatable bonds is 4. The lowest BCUT2D eigenvalue weighted by molar-refractivity contribution is 0.519. The highest BCUT2D eigenvalue weighted by Crippen LogP contribution is 2.21. The maximum absolute atomic E-state index is 9.12. The molecule has 94 valence electrons. The number of benzene rings is 1. The van der Waals surface area contributed by atoms with Crippen LogP contribution in [0.5, 0.6) is 0 Å². The Bertz CT molecular complexity index is 593. The summed E-state index contributed by atoms with van der Waals surface area (Å²) in [6.07, 6.45) is 0.730. The topological polar surface area (TPSA) is 41.6 Å². The summed E-state index contributed by atoms with van der Waals surface area (Å²) in [4.78, 5) is 4.58. The number of hydrogen-bond donors (Lipinski definition) is 0. The molecule has 0 bridgehead atoms. The average molecular weight is 262 g/mol. The Morgan fingerprint density at radius 2 is 2.22 bits per heavy atom. The number of nitriles is 1. The zero-order valence-corrected chi connectivity index (χ0v) is 11.4. The van der Waals surface area contributed by atoms with Crippen LogP contribution in [0.2, 0.25) is 0 Å². The molecule has 0 amide bonds. The minimum absolute atomic E-state index is 0.530. The summed E-state index contributed by atoms with van der Waals surface area (Å²) in [5, 5.41) is 9.12. The number of nitrogens with zero attached hydrogens (tertiary/aromatic N) is 3. The Balaban J connectivity index is 2.64. The molecule has 0 radical (unpaired) electrons. The van der Waals surface area contributed by atoms with Crippen molar-refractivity contribution in [2.24, 2.45) is 5.92 Å². The second kappa shape index (κ2) is 5.41. The second-order valence-electron chi connectivity index (χ2n) is 4.76. The van der Waals surface area contributed by atoms with Gasteiger partial charge < -0.3 is 4.57 Å². The minimum Gasteiger partial charge on any atom is -0.328 e. The third-order valence-corrected chi connectivity index (χ3v) is 3.03. The first-order valence-corrected chi connectivity index (χ1v) is 6.65. The Labute approximate surface area is 112 Å². The molecule has 1 heterocycles. The summed E-state index contributed by atoms with van der Waals surface area (Å²) in [7, 11) is 0. The quantitative estimate of drug-likeness (QED) is 0.792. The Hall–Kier alpha value is -1.53. The Morgan fingerprint density at radius 1 is 1.44 bits per heavy atom. The number of aromatic nitrogens is 2. The van der Waals surface area contributed by atoms with Crippen molar-refractivity contribution in [2.75, 3.05) is 5.88 Å². The normalized spacial score (nSPS) is 11.1. The Morgan fingerprint density at radius 3 is 2.83 bits per heavy atom. The molecule has 0 N–H and O–H groups in total. The van der Waals surface area contributed by atoms with Gasteiger partial charge in [-0.3, -0.25) is 0 Å². The van der Waals surface area contributed by atoms with E-state index in [1.54, 1.807) is 6.07 Å². The summed E-state index contributed by atoms with van der Waals surface area (Å²) in [5.41, 5.74) is 2.45. The third-order valence-electron chi connectivity index (χ3n) is 2.84. The van der Waals surface area contributed by atoms with Crippen LogP contribution in [0.4, 0.5) is 0 Å². The fraction of sp³-hybridized carbons (Fsp3) is 0.429. The molecule has 0 aliphatic carbocycles. The summed E-state index contributed by atoms with van der Waals surface area (Å²) < 4.78 is 2.18. The van der Waals surface area contributed by atoms with Gasteiger partial charge in [0.25, 0.3) is 0 Å². The van der Waals surface area contributed by atoms with E-state index in [0.717, 1.165) is 29.8 Å². The number of alkyl halides is 1. The first kappa shape index (κ1) is 12.9. The summed E-state index contributed by atoms with van der Waals surface area (Å²) in [6, 6.07) is 7.93. The lowest BCUT2D eigenvalue weighted by Gasteiger charge is -2.10. The van der Waals surface area contributed by atoms with Gasteiger partial charge in [0.15, 0.2) is 0 Å². The number of para-hydroxylation sites is 1. The smallest absolute Gasteiger partial charge is 0.111 e. The molecule has 1 aromatic carbocycles. The molecular formula is C14H16ClN3. The molecular weight excluding hydrogens is 246 g/mol. The molecule has 0 atom stereocenters. The SMILES string of the molecule is CC(C)Cn1c(CCCl)nc2c(C#N)cccc21. The molecule has 0 aliphatic rings. The summed E-state index contributed by atoms with van der Waals surface area (Å²) in [5.74, 6) is 2.04. The predicted octanol–water partition coefficient (Wildman–Crippen LogP) is 3.35. The molecule has 3 nitrogen and oxygen atoms in total. The molecule has 0 unspecified atom stereocenters. The van der Waals surface area contributed by atoms with Gasteiger partial charge in [-0.25, -0.2) is 4.98 Å². The van der Waals surface area contributed by atoms with Crippen molar-refractivity contribution in [1.82, 2.24) is 9.55 Å². The maximum atomic E-state index is 9.12. The van der Waals surface area contributed by atoms with E-state index in [1.165, 1.54) is 0 Å².